The molecule has 2 aromatic rings. The minimum atomic E-state index is -2.90. The minimum absolute atomic E-state index is 0.00685. The van der Waals surface area contributed by atoms with E-state index in [1.165, 1.54) is 30.6 Å². The Morgan fingerprint density at radius 1 is 1.20 bits per heavy atom. The monoisotopic (exact) mass is 281 g/mol. The van der Waals surface area contributed by atoms with Crippen LogP contribution in [0.4, 0.5) is 20.4 Å². The summed E-state index contributed by atoms with van der Waals surface area (Å²) >= 11 is 0. The molecule has 0 fully saturated rings. The molecule has 0 spiro atoms. The average molecular weight is 281 g/mol. The third kappa shape index (κ3) is 3.87. The first-order chi connectivity index (χ1) is 9.54. The van der Waals surface area contributed by atoms with Gasteiger partial charge in [0.1, 0.15) is 5.75 Å². The van der Waals surface area contributed by atoms with Gasteiger partial charge in [0.2, 0.25) is 5.95 Å². The fourth-order valence-corrected chi connectivity index (χ4v) is 1.42. The fraction of sp³-hybridized carbons (Fsp3) is 0.0909. The highest BCUT2D eigenvalue weighted by molar-refractivity contribution is 6.58. The molecule has 6 nitrogen and oxygen atoms in total. The molecular weight excluding hydrogens is 271 g/mol. The highest BCUT2D eigenvalue weighted by Crippen LogP contribution is 2.20. The van der Waals surface area contributed by atoms with E-state index in [4.69, 9.17) is 10.0 Å². The number of hydrogen-bond acceptors (Lipinski definition) is 6. The summed E-state index contributed by atoms with van der Waals surface area (Å²) in [5, 5.41) is 20.6. The molecule has 0 aliphatic carbocycles. The minimum Gasteiger partial charge on any atom is -0.435 e. The molecule has 0 saturated heterocycles. The molecule has 104 valence electrons. The molecule has 3 N–H and O–H groups in total. The van der Waals surface area contributed by atoms with E-state index in [0.717, 1.165) is 0 Å². The summed E-state index contributed by atoms with van der Waals surface area (Å²) in [4.78, 5) is 7.71. The lowest BCUT2D eigenvalue weighted by molar-refractivity contribution is -0.0498. The van der Waals surface area contributed by atoms with Crippen LogP contribution in [-0.2, 0) is 0 Å². The summed E-state index contributed by atoms with van der Waals surface area (Å²) < 4.78 is 28.4. The number of benzene rings is 1. The van der Waals surface area contributed by atoms with Crippen molar-refractivity contribution in [2.24, 2.45) is 0 Å². The maximum atomic E-state index is 12.1. The number of alkyl halides is 2. The number of halogens is 2. The Labute approximate surface area is 113 Å². The SMILES string of the molecule is OB(O)c1cnc(Nc2cccc(OC(F)F)c2)nc1. The van der Waals surface area contributed by atoms with E-state index in [1.807, 2.05) is 0 Å². The number of nitrogens with zero attached hydrogens (tertiary/aromatic N) is 2. The first-order valence-corrected chi connectivity index (χ1v) is 5.54. The van der Waals surface area contributed by atoms with E-state index in [1.54, 1.807) is 6.07 Å². The number of nitrogens with one attached hydrogen (secondary N) is 1. The third-order valence-electron chi connectivity index (χ3n) is 2.29. The van der Waals surface area contributed by atoms with Gasteiger partial charge in [0, 0.05) is 29.6 Å². The smallest absolute Gasteiger partial charge is 0.435 e. The van der Waals surface area contributed by atoms with E-state index in [9.17, 15) is 8.78 Å². The highest BCUT2D eigenvalue weighted by atomic mass is 19.3. The molecule has 1 aromatic carbocycles. The standard InChI is InChI=1S/C11H10BF2N3O3/c13-10(14)20-9-3-1-2-8(4-9)17-11-15-5-7(6-16-11)12(18)19/h1-6,10,18-19H,(H,15,16,17). The molecule has 0 radical (unpaired) electrons. The Hall–Kier alpha value is -2.26. The van der Waals surface area contributed by atoms with Gasteiger partial charge < -0.3 is 20.1 Å². The largest absolute Gasteiger partial charge is 0.491 e. The topological polar surface area (TPSA) is 87.5 Å². The van der Waals surface area contributed by atoms with Gasteiger partial charge in [-0.25, -0.2) is 9.97 Å². The van der Waals surface area contributed by atoms with Crippen LogP contribution in [0.2, 0.25) is 0 Å². The van der Waals surface area contributed by atoms with E-state index in [2.05, 4.69) is 20.0 Å². The van der Waals surface area contributed by atoms with E-state index in [-0.39, 0.29) is 17.2 Å². The van der Waals surface area contributed by atoms with Crippen molar-refractivity contribution in [1.29, 1.82) is 0 Å². The summed E-state index contributed by atoms with van der Waals surface area (Å²) in [5.74, 6) is 0.191. The molecule has 9 heteroatoms. The van der Waals surface area contributed by atoms with Crippen molar-refractivity contribution >= 4 is 24.2 Å². The summed E-state index contributed by atoms with van der Waals surface area (Å²) in [7, 11) is -1.65. The number of ether oxygens (including phenoxy) is 1. The van der Waals surface area contributed by atoms with Gasteiger partial charge in [0.05, 0.1) is 0 Å². The maximum absolute atomic E-state index is 12.1. The zero-order valence-corrected chi connectivity index (χ0v) is 10.1. The summed E-state index contributed by atoms with van der Waals surface area (Å²) in [5.41, 5.74) is 0.603. The van der Waals surface area contributed by atoms with Crippen LogP contribution in [-0.4, -0.2) is 33.7 Å². The van der Waals surface area contributed by atoms with Crippen LogP contribution >= 0.6 is 0 Å². The van der Waals surface area contributed by atoms with Gasteiger partial charge in [-0.3, -0.25) is 0 Å². The van der Waals surface area contributed by atoms with Gasteiger partial charge in [-0.1, -0.05) is 6.07 Å². The van der Waals surface area contributed by atoms with Crippen molar-refractivity contribution in [3.05, 3.63) is 36.7 Å². The molecule has 2 rings (SSSR count). The Morgan fingerprint density at radius 3 is 2.50 bits per heavy atom. The normalized spacial score (nSPS) is 10.4. The van der Waals surface area contributed by atoms with Gasteiger partial charge in [-0.15, -0.1) is 0 Å². The van der Waals surface area contributed by atoms with Crippen LogP contribution in [0.5, 0.6) is 5.75 Å². The van der Waals surface area contributed by atoms with Crippen molar-refractivity contribution < 1.29 is 23.6 Å². The van der Waals surface area contributed by atoms with Crippen LogP contribution < -0.4 is 15.5 Å². The van der Waals surface area contributed by atoms with Crippen LogP contribution in [0, 0.1) is 0 Å². The van der Waals surface area contributed by atoms with Crippen molar-refractivity contribution in [3.8, 4) is 5.75 Å². The van der Waals surface area contributed by atoms with Crippen molar-refractivity contribution in [1.82, 2.24) is 9.97 Å². The lowest BCUT2D eigenvalue weighted by Crippen LogP contribution is -2.30. The summed E-state index contributed by atoms with van der Waals surface area (Å²) in [6.07, 6.45) is 2.47. The van der Waals surface area contributed by atoms with Crippen molar-refractivity contribution in [2.75, 3.05) is 5.32 Å². The second kappa shape index (κ2) is 6.26. The Morgan fingerprint density at radius 2 is 1.90 bits per heavy atom. The first kappa shape index (κ1) is 14.2. The molecule has 0 aliphatic rings. The number of anilines is 2. The van der Waals surface area contributed by atoms with E-state index >= 15 is 0 Å². The van der Waals surface area contributed by atoms with E-state index in [0.29, 0.717) is 5.69 Å². The number of aromatic nitrogens is 2. The highest BCUT2D eigenvalue weighted by Gasteiger charge is 2.11. The number of hydrogen-bond donors (Lipinski definition) is 3. The Bertz CT molecular complexity index is 569. The van der Waals surface area contributed by atoms with Crippen LogP contribution in [0.1, 0.15) is 0 Å². The fourth-order valence-electron chi connectivity index (χ4n) is 1.42. The second-order valence-electron chi connectivity index (χ2n) is 3.75. The zero-order valence-electron chi connectivity index (χ0n) is 10.1. The molecule has 0 saturated carbocycles. The summed E-state index contributed by atoms with van der Waals surface area (Å²) in [6.45, 7) is -2.90. The van der Waals surface area contributed by atoms with Gasteiger partial charge in [-0.05, 0) is 12.1 Å². The first-order valence-electron chi connectivity index (χ1n) is 5.54. The van der Waals surface area contributed by atoms with E-state index < -0.39 is 13.7 Å². The van der Waals surface area contributed by atoms with Crippen LogP contribution in [0.3, 0.4) is 0 Å². The van der Waals surface area contributed by atoms with Gasteiger partial charge in [0.25, 0.3) is 0 Å². The van der Waals surface area contributed by atoms with Gasteiger partial charge >= 0.3 is 13.7 Å². The number of rotatable bonds is 5. The molecule has 0 atom stereocenters. The molecule has 1 heterocycles. The molecule has 20 heavy (non-hydrogen) atoms. The molecule has 0 bridgehead atoms. The lowest BCUT2D eigenvalue weighted by atomic mass is 9.83. The zero-order chi connectivity index (χ0) is 14.5. The van der Waals surface area contributed by atoms with Gasteiger partial charge in [0.15, 0.2) is 0 Å². The molecule has 0 amide bonds. The quantitative estimate of drug-likeness (QED) is 0.692. The average Bonchev–Trinajstić information content (AvgIpc) is 2.39. The Balaban J connectivity index is 2.09. The van der Waals surface area contributed by atoms with Crippen molar-refractivity contribution in [2.45, 2.75) is 6.61 Å². The molecule has 1 aromatic heterocycles. The third-order valence-corrected chi connectivity index (χ3v) is 2.29. The second-order valence-corrected chi connectivity index (χ2v) is 3.75. The Kier molecular flexibility index (Phi) is 4.43. The van der Waals surface area contributed by atoms with Crippen LogP contribution in [0.25, 0.3) is 0 Å². The van der Waals surface area contributed by atoms with Crippen molar-refractivity contribution in [3.63, 3.8) is 0 Å². The molecule has 0 aliphatic heterocycles. The molecular formula is C11H10BF2N3O3. The maximum Gasteiger partial charge on any atom is 0.491 e. The summed E-state index contributed by atoms with van der Waals surface area (Å²) in [6, 6.07) is 5.91. The van der Waals surface area contributed by atoms with Gasteiger partial charge in [-0.2, -0.15) is 8.78 Å². The predicted molar refractivity (Wildman–Crippen MR) is 68.2 cm³/mol. The predicted octanol–water partition coefficient (Wildman–Crippen LogP) is 0.501. The lowest BCUT2D eigenvalue weighted by Gasteiger charge is -2.08. The van der Waals surface area contributed by atoms with Crippen LogP contribution in [0.15, 0.2) is 36.7 Å². The molecule has 0 unspecified atom stereocenters.